The van der Waals surface area contributed by atoms with Crippen molar-refractivity contribution >= 4 is 11.8 Å². The molecule has 1 saturated heterocycles. The molecule has 1 fully saturated rings. The van der Waals surface area contributed by atoms with Crippen LogP contribution in [-0.4, -0.2) is 53.6 Å². The van der Waals surface area contributed by atoms with Gasteiger partial charge in [-0.25, -0.2) is 4.98 Å². The molecule has 1 N–H and O–H groups in total. The Balaban J connectivity index is 1.90. The maximum atomic E-state index is 12.6. The number of hydrogen-bond donors (Lipinski definition) is 1. The van der Waals surface area contributed by atoms with Crippen molar-refractivity contribution in [1.29, 1.82) is 0 Å². The third kappa shape index (κ3) is 5.60. The molecule has 0 saturated carbocycles. The third-order valence-corrected chi connectivity index (χ3v) is 4.10. The Morgan fingerprint density at radius 2 is 2.00 bits per heavy atom. The Hall–Kier alpha value is -2.32. The first-order chi connectivity index (χ1) is 12.3. The van der Waals surface area contributed by atoms with Gasteiger partial charge in [-0.1, -0.05) is 0 Å². The van der Waals surface area contributed by atoms with Crippen molar-refractivity contribution in [3.63, 3.8) is 0 Å². The van der Waals surface area contributed by atoms with Crippen LogP contribution in [0.15, 0.2) is 18.3 Å². The minimum atomic E-state index is -4.56. The SMILES string of the molecule is C[C@@H](Oc1ncccc1C(=O)NCCC(=O)N1CCCCC1)C(F)(F)F. The van der Waals surface area contributed by atoms with Crippen LogP contribution in [0.5, 0.6) is 5.88 Å². The highest BCUT2D eigenvalue weighted by molar-refractivity contribution is 5.96. The molecule has 0 aromatic carbocycles. The highest BCUT2D eigenvalue weighted by atomic mass is 19.4. The number of likely N-dealkylation sites (tertiary alicyclic amines) is 1. The Labute approximate surface area is 149 Å². The van der Waals surface area contributed by atoms with Crippen LogP contribution in [0.3, 0.4) is 0 Å². The lowest BCUT2D eigenvalue weighted by Crippen LogP contribution is -2.38. The van der Waals surface area contributed by atoms with Gasteiger partial charge in [-0.3, -0.25) is 9.59 Å². The van der Waals surface area contributed by atoms with Crippen molar-refractivity contribution < 1.29 is 27.5 Å². The summed E-state index contributed by atoms with van der Waals surface area (Å²) in [6.07, 6.45) is -2.20. The number of amides is 2. The molecule has 2 amide bonds. The minimum absolute atomic E-state index is 0.0432. The molecule has 0 radical (unpaired) electrons. The van der Waals surface area contributed by atoms with Crippen LogP contribution in [0.25, 0.3) is 0 Å². The predicted molar refractivity (Wildman–Crippen MR) is 87.8 cm³/mol. The van der Waals surface area contributed by atoms with Gasteiger partial charge in [0.25, 0.3) is 5.91 Å². The molecule has 2 heterocycles. The molecule has 0 spiro atoms. The molecule has 0 aliphatic carbocycles. The van der Waals surface area contributed by atoms with E-state index in [0.29, 0.717) is 0 Å². The van der Waals surface area contributed by atoms with Crippen LogP contribution in [-0.2, 0) is 4.79 Å². The van der Waals surface area contributed by atoms with E-state index in [1.807, 2.05) is 0 Å². The molecule has 2 rings (SSSR count). The summed E-state index contributed by atoms with van der Waals surface area (Å²) in [4.78, 5) is 29.7. The van der Waals surface area contributed by atoms with Crippen molar-refractivity contribution in [1.82, 2.24) is 15.2 Å². The molecular weight excluding hydrogens is 351 g/mol. The van der Waals surface area contributed by atoms with Gasteiger partial charge in [0.2, 0.25) is 11.8 Å². The van der Waals surface area contributed by atoms with E-state index in [0.717, 1.165) is 39.3 Å². The van der Waals surface area contributed by atoms with E-state index in [2.05, 4.69) is 10.3 Å². The smallest absolute Gasteiger partial charge is 0.425 e. The van der Waals surface area contributed by atoms with E-state index < -0.39 is 24.1 Å². The summed E-state index contributed by atoms with van der Waals surface area (Å²) < 4.78 is 42.7. The number of rotatable bonds is 6. The second kappa shape index (κ2) is 8.86. The van der Waals surface area contributed by atoms with Crippen LogP contribution >= 0.6 is 0 Å². The average molecular weight is 373 g/mol. The molecule has 1 aromatic heterocycles. The van der Waals surface area contributed by atoms with Gasteiger partial charge >= 0.3 is 6.18 Å². The van der Waals surface area contributed by atoms with Gasteiger partial charge in [0.05, 0.1) is 0 Å². The van der Waals surface area contributed by atoms with Gasteiger partial charge < -0.3 is 15.0 Å². The monoisotopic (exact) mass is 373 g/mol. The zero-order valence-corrected chi connectivity index (χ0v) is 14.5. The van der Waals surface area contributed by atoms with Gasteiger partial charge in [-0.15, -0.1) is 0 Å². The fourth-order valence-electron chi connectivity index (χ4n) is 2.57. The number of carbonyl (C=O) groups is 2. The normalized spacial score (nSPS) is 16.1. The second-order valence-electron chi connectivity index (χ2n) is 6.11. The van der Waals surface area contributed by atoms with Crippen LogP contribution in [0.4, 0.5) is 13.2 Å². The molecule has 9 heteroatoms. The van der Waals surface area contributed by atoms with Gasteiger partial charge in [-0.05, 0) is 38.3 Å². The number of piperidine rings is 1. The van der Waals surface area contributed by atoms with Crippen LogP contribution in [0.2, 0.25) is 0 Å². The molecule has 0 unspecified atom stereocenters. The molecule has 1 aromatic rings. The van der Waals surface area contributed by atoms with Gasteiger partial charge in [0, 0.05) is 32.3 Å². The summed E-state index contributed by atoms with van der Waals surface area (Å²) in [5.41, 5.74) is -0.103. The van der Waals surface area contributed by atoms with Crippen molar-refractivity contribution in [2.45, 2.75) is 44.9 Å². The number of ether oxygens (including phenoxy) is 1. The fourth-order valence-corrected chi connectivity index (χ4v) is 2.57. The predicted octanol–water partition coefficient (Wildman–Crippen LogP) is 2.54. The van der Waals surface area contributed by atoms with E-state index in [1.54, 1.807) is 4.90 Å². The summed E-state index contributed by atoms with van der Waals surface area (Å²) in [5, 5.41) is 2.53. The fraction of sp³-hybridized carbons (Fsp3) is 0.588. The molecule has 6 nitrogen and oxygen atoms in total. The third-order valence-electron chi connectivity index (χ3n) is 4.10. The Kier molecular flexibility index (Phi) is 6.82. The number of nitrogens with one attached hydrogen (secondary N) is 1. The Bertz CT molecular complexity index is 631. The lowest BCUT2D eigenvalue weighted by atomic mass is 10.1. The Morgan fingerprint density at radius 1 is 1.31 bits per heavy atom. The lowest BCUT2D eigenvalue weighted by Gasteiger charge is -2.26. The minimum Gasteiger partial charge on any atom is -0.464 e. The number of hydrogen-bond acceptors (Lipinski definition) is 4. The number of aromatic nitrogens is 1. The number of alkyl halides is 3. The van der Waals surface area contributed by atoms with Gasteiger partial charge in [0.1, 0.15) is 5.56 Å². The quantitative estimate of drug-likeness (QED) is 0.832. The zero-order chi connectivity index (χ0) is 19.2. The largest absolute Gasteiger partial charge is 0.464 e. The maximum Gasteiger partial charge on any atom is 0.425 e. The highest BCUT2D eigenvalue weighted by Gasteiger charge is 2.39. The first-order valence-electron chi connectivity index (χ1n) is 8.53. The average Bonchev–Trinajstić information content (AvgIpc) is 2.62. The first-order valence-corrected chi connectivity index (χ1v) is 8.53. The van der Waals surface area contributed by atoms with E-state index in [4.69, 9.17) is 4.74 Å². The second-order valence-corrected chi connectivity index (χ2v) is 6.11. The zero-order valence-electron chi connectivity index (χ0n) is 14.5. The summed E-state index contributed by atoms with van der Waals surface area (Å²) in [7, 11) is 0. The molecule has 1 atom stereocenters. The van der Waals surface area contributed by atoms with Crippen molar-refractivity contribution in [2.75, 3.05) is 19.6 Å². The van der Waals surface area contributed by atoms with Crippen molar-refractivity contribution in [3.8, 4) is 5.88 Å². The summed E-state index contributed by atoms with van der Waals surface area (Å²) >= 11 is 0. The molecule has 26 heavy (non-hydrogen) atoms. The van der Waals surface area contributed by atoms with Crippen LogP contribution in [0, 0.1) is 0 Å². The Morgan fingerprint density at radius 3 is 2.65 bits per heavy atom. The molecule has 144 valence electrons. The van der Waals surface area contributed by atoms with E-state index in [-0.39, 0.29) is 24.4 Å². The van der Waals surface area contributed by atoms with Crippen LogP contribution in [0.1, 0.15) is 43.0 Å². The van der Waals surface area contributed by atoms with Crippen molar-refractivity contribution in [3.05, 3.63) is 23.9 Å². The molecular formula is C17H22F3N3O3. The first kappa shape index (κ1) is 20.0. The summed E-state index contributed by atoms with van der Waals surface area (Å²) in [6.45, 7) is 2.39. The molecule has 1 aliphatic heterocycles. The lowest BCUT2D eigenvalue weighted by molar-refractivity contribution is -0.190. The summed E-state index contributed by atoms with van der Waals surface area (Å²) in [6, 6.07) is 2.76. The van der Waals surface area contributed by atoms with E-state index >= 15 is 0 Å². The van der Waals surface area contributed by atoms with Crippen LogP contribution < -0.4 is 10.1 Å². The molecule has 0 bridgehead atoms. The summed E-state index contributed by atoms with van der Waals surface area (Å²) in [5.74, 6) is -1.07. The number of halogens is 3. The molecule has 1 aliphatic rings. The number of nitrogens with zero attached hydrogens (tertiary/aromatic N) is 2. The maximum absolute atomic E-state index is 12.6. The highest BCUT2D eigenvalue weighted by Crippen LogP contribution is 2.25. The number of carbonyl (C=O) groups excluding carboxylic acids is 2. The van der Waals surface area contributed by atoms with Crippen molar-refractivity contribution in [2.24, 2.45) is 0 Å². The number of pyridine rings is 1. The van der Waals surface area contributed by atoms with E-state index in [1.165, 1.54) is 18.3 Å². The standard InChI is InChI=1S/C17H22F3N3O3/c1-12(17(18,19)20)26-16-13(6-5-8-22-16)15(25)21-9-7-14(24)23-10-3-2-4-11-23/h5-6,8,12H,2-4,7,9-11H2,1H3,(H,21,25)/t12-/m1/s1. The van der Waals surface area contributed by atoms with Gasteiger partial charge in [0.15, 0.2) is 6.10 Å². The van der Waals surface area contributed by atoms with Gasteiger partial charge in [-0.2, -0.15) is 13.2 Å². The van der Waals surface area contributed by atoms with E-state index in [9.17, 15) is 22.8 Å². The topological polar surface area (TPSA) is 71.5 Å².